The van der Waals surface area contributed by atoms with E-state index in [9.17, 15) is 4.79 Å². The zero-order chi connectivity index (χ0) is 14.5. The van der Waals surface area contributed by atoms with Crippen LogP contribution in [0.3, 0.4) is 0 Å². The van der Waals surface area contributed by atoms with Crippen LogP contribution in [0.15, 0.2) is 6.33 Å². The molecule has 2 aromatic rings. The summed E-state index contributed by atoms with van der Waals surface area (Å²) in [7, 11) is 1.24. The second kappa shape index (κ2) is 5.91. The third kappa shape index (κ3) is 2.96. The second-order valence-corrected chi connectivity index (χ2v) is 3.63. The van der Waals surface area contributed by atoms with E-state index >= 15 is 0 Å². The SMILES string of the molecule is CCCOc1nc(N)nc(-n2cnc(C(=O)OC)n2)n1. The summed E-state index contributed by atoms with van der Waals surface area (Å²) in [6, 6.07) is 0.0875. The van der Waals surface area contributed by atoms with Crippen LogP contribution in [0.5, 0.6) is 6.01 Å². The zero-order valence-electron chi connectivity index (χ0n) is 11.0. The Morgan fingerprint density at radius 2 is 2.20 bits per heavy atom. The molecule has 2 rings (SSSR count). The quantitative estimate of drug-likeness (QED) is 0.726. The van der Waals surface area contributed by atoms with Gasteiger partial charge in [0.05, 0.1) is 13.7 Å². The van der Waals surface area contributed by atoms with Gasteiger partial charge in [-0.15, -0.1) is 5.10 Å². The fraction of sp³-hybridized carbons (Fsp3) is 0.400. The first-order valence-corrected chi connectivity index (χ1v) is 5.78. The Labute approximate surface area is 114 Å². The smallest absolute Gasteiger partial charge is 0.377 e. The van der Waals surface area contributed by atoms with Crippen molar-refractivity contribution in [1.29, 1.82) is 0 Å². The molecule has 20 heavy (non-hydrogen) atoms. The van der Waals surface area contributed by atoms with Gasteiger partial charge in [0.15, 0.2) is 0 Å². The molecule has 0 radical (unpaired) electrons. The van der Waals surface area contributed by atoms with Crippen LogP contribution in [0.4, 0.5) is 5.95 Å². The molecule has 0 spiro atoms. The Morgan fingerprint density at radius 3 is 2.90 bits per heavy atom. The van der Waals surface area contributed by atoms with Crippen molar-refractivity contribution in [2.24, 2.45) is 0 Å². The van der Waals surface area contributed by atoms with E-state index in [0.29, 0.717) is 6.61 Å². The van der Waals surface area contributed by atoms with Crippen LogP contribution in [0.25, 0.3) is 5.95 Å². The van der Waals surface area contributed by atoms with Crippen molar-refractivity contribution in [3.05, 3.63) is 12.2 Å². The van der Waals surface area contributed by atoms with Crippen molar-refractivity contribution in [3.8, 4) is 12.0 Å². The highest BCUT2D eigenvalue weighted by Crippen LogP contribution is 2.08. The Morgan fingerprint density at radius 1 is 1.40 bits per heavy atom. The Hall–Kier alpha value is -2.78. The van der Waals surface area contributed by atoms with Gasteiger partial charge in [0.1, 0.15) is 6.33 Å². The fourth-order valence-corrected chi connectivity index (χ4v) is 1.27. The van der Waals surface area contributed by atoms with Gasteiger partial charge < -0.3 is 15.2 Å². The van der Waals surface area contributed by atoms with Crippen LogP contribution in [-0.2, 0) is 4.74 Å². The molecule has 0 aliphatic heterocycles. The van der Waals surface area contributed by atoms with Gasteiger partial charge in [-0.25, -0.2) is 9.78 Å². The van der Waals surface area contributed by atoms with Gasteiger partial charge >= 0.3 is 12.0 Å². The van der Waals surface area contributed by atoms with E-state index < -0.39 is 5.97 Å². The highest BCUT2D eigenvalue weighted by Gasteiger charge is 2.14. The maximum atomic E-state index is 11.3. The van der Waals surface area contributed by atoms with Crippen molar-refractivity contribution in [3.63, 3.8) is 0 Å². The number of esters is 1. The van der Waals surface area contributed by atoms with E-state index in [2.05, 4.69) is 29.8 Å². The number of carbonyl (C=O) groups excluding carboxylic acids is 1. The van der Waals surface area contributed by atoms with E-state index in [4.69, 9.17) is 10.5 Å². The second-order valence-electron chi connectivity index (χ2n) is 3.63. The molecule has 0 saturated heterocycles. The van der Waals surface area contributed by atoms with Crippen molar-refractivity contribution in [2.75, 3.05) is 19.5 Å². The first kappa shape index (κ1) is 13.6. The summed E-state index contributed by atoms with van der Waals surface area (Å²) in [5.41, 5.74) is 5.57. The molecule has 2 heterocycles. The molecule has 0 atom stereocenters. The molecule has 0 unspecified atom stereocenters. The number of hydrogen-bond donors (Lipinski definition) is 1. The average molecular weight is 279 g/mol. The number of aromatic nitrogens is 6. The molecule has 0 amide bonds. The van der Waals surface area contributed by atoms with Gasteiger partial charge in [-0.05, 0) is 6.42 Å². The van der Waals surface area contributed by atoms with Crippen molar-refractivity contribution in [1.82, 2.24) is 29.7 Å². The molecule has 10 nitrogen and oxygen atoms in total. The molecule has 0 aromatic carbocycles. The largest absolute Gasteiger partial charge is 0.463 e. The van der Waals surface area contributed by atoms with Gasteiger partial charge in [-0.3, -0.25) is 0 Å². The number of ether oxygens (including phenoxy) is 2. The van der Waals surface area contributed by atoms with Crippen LogP contribution in [0.2, 0.25) is 0 Å². The number of nitrogens with zero attached hydrogens (tertiary/aromatic N) is 6. The van der Waals surface area contributed by atoms with Crippen LogP contribution in [0, 0.1) is 0 Å². The van der Waals surface area contributed by atoms with Crippen LogP contribution in [-0.4, -0.2) is 49.4 Å². The van der Waals surface area contributed by atoms with Crippen molar-refractivity contribution < 1.29 is 14.3 Å². The number of nitrogens with two attached hydrogens (primary N) is 1. The minimum atomic E-state index is -0.659. The normalized spacial score (nSPS) is 10.3. The number of carbonyl (C=O) groups is 1. The lowest BCUT2D eigenvalue weighted by Gasteiger charge is -2.04. The van der Waals surface area contributed by atoms with E-state index in [1.807, 2.05) is 6.92 Å². The summed E-state index contributed by atoms with van der Waals surface area (Å²) < 4.78 is 11.0. The van der Waals surface area contributed by atoms with Gasteiger partial charge in [-0.2, -0.15) is 19.6 Å². The monoisotopic (exact) mass is 279 g/mol. The van der Waals surface area contributed by atoms with Gasteiger partial charge in [0.2, 0.25) is 5.95 Å². The molecule has 0 aliphatic carbocycles. The van der Waals surface area contributed by atoms with E-state index in [1.165, 1.54) is 18.1 Å². The van der Waals surface area contributed by atoms with Gasteiger partial charge in [0.25, 0.3) is 11.8 Å². The Balaban J connectivity index is 2.29. The maximum absolute atomic E-state index is 11.3. The number of hydrogen-bond acceptors (Lipinski definition) is 9. The molecular formula is C10H13N7O3. The molecule has 2 N–H and O–H groups in total. The minimum Gasteiger partial charge on any atom is -0.463 e. The van der Waals surface area contributed by atoms with Crippen molar-refractivity contribution >= 4 is 11.9 Å². The first-order chi connectivity index (χ1) is 9.63. The summed E-state index contributed by atoms with van der Waals surface area (Å²) >= 11 is 0. The number of rotatable bonds is 5. The molecule has 0 saturated carbocycles. The van der Waals surface area contributed by atoms with Crippen LogP contribution >= 0.6 is 0 Å². The topological polar surface area (TPSA) is 131 Å². The highest BCUT2D eigenvalue weighted by atomic mass is 16.5. The van der Waals surface area contributed by atoms with Crippen LogP contribution in [0.1, 0.15) is 24.0 Å². The average Bonchev–Trinajstić information content (AvgIpc) is 2.93. The Kier molecular flexibility index (Phi) is 4.03. The molecule has 0 bridgehead atoms. The van der Waals surface area contributed by atoms with Gasteiger partial charge in [-0.1, -0.05) is 6.92 Å². The first-order valence-electron chi connectivity index (χ1n) is 5.78. The molecule has 106 valence electrons. The number of anilines is 1. The van der Waals surface area contributed by atoms with E-state index in [1.54, 1.807) is 0 Å². The lowest BCUT2D eigenvalue weighted by Crippen LogP contribution is -2.11. The van der Waals surface area contributed by atoms with Gasteiger partial charge in [0, 0.05) is 0 Å². The summed E-state index contributed by atoms with van der Waals surface area (Å²) in [6.07, 6.45) is 2.07. The molecule has 2 aromatic heterocycles. The molecule has 10 heteroatoms. The van der Waals surface area contributed by atoms with E-state index in [-0.39, 0.29) is 23.7 Å². The van der Waals surface area contributed by atoms with Crippen LogP contribution < -0.4 is 10.5 Å². The standard InChI is InChI=1S/C10H13N7O3/c1-3-4-20-10-14-8(11)13-9(15-10)17-5-12-6(16-17)7(18)19-2/h5H,3-4H2,1-2H3,(H2,11,13,14,15). The summed E-state index contributed by atoms with van der Waals surface area (Å²) in [5, 5.41) is 3.88. The molecule has 0 fully saturated rings. The number of nitrogen functional groups attached to an aromatic ring is 1. The summed E-state index contributed by atoms with van der Waals surface area (Å²) in [4.78, 5) is 26.8. The minimum absolute atomic E-state index is 0.0174. The van der Waals surface area contributed by atoms with E-state index in [0.717, 1.165) is 6.42 Å². The zero-order valence-corrected chi connectivity index (χ0v) is 11.0. The lowest BCUT2D eigenvalue weighted by atomic mass is 10.5. The summed E-state index contributed by atoms with van der Waals surface area (Å²) in [6.45, 7) is 2.40. The fourth-order valence-electron chi connectivity index (χ4n) is 1.27. The predicted molar refractivity (Wildman–Crippen MR) is 66.3 cm³/mol. The summed E-state index contributed by atoms with van der Waals surface area (Å²) in [5.74, 6) is -0.682. The van der Waals surface area contributed by atoms with Crippen molar-refractivity contribution in [2.45, 2.75) is 13.3 Å². The molecular weight excluding hydrogens is 266 g/mol. The number of methoxy groups -OCH3 is 1. The highest BCUT2D eigenvalue weighted by molar-refractivity contribution is 5.84. The lowest BCUT2D eigenvalue weighted by molar-refractivity contribution is 0.0587. The maximum Gasteiger partial charge on any atom is 0.377 e. The predicted octanol–water partition coefficient (Wildman–Crippen LogP) is -0.390. The third-order valence-corrected chi connectivity index (χ3v) is 2.12. The third-order valence-electron chi connectivity index (χ3n) is 2.12. The molecule has 0 aliphatic rings. The Bertz CT molecular complexity index is 613.